The maximum Gasteiger partial charge on any atom is 0.243 e. The van der Waals surface area contributed by atoms with Gasteiger partial charge < -0.3 is 4.90 Å². The minimum Gasteiger partial charge on any atom is -0.339 e. The summed E-state index contributed by atoms with van der Waals surface area (Å²) in [5.41, 5.74) is 1.79. The van der Waals surface area contributed by atoms with Crippen LogP contribution in [0.1, 0.15) is 18.1 Å². The Balaban J connectivity index is 1.62. The highest BCUT2D eigenvalue weighted by atomic mass is 32.2. The molecule has 1 amide bonds. The van der Waals surface area contributed by atoms with Crippen LogP contribution in [-0.2, 0) is 14.8 Å². The minimum atomic E-state index is -3.54. The summed E-state index contributed by atoms with van der Waals surface area (Å²) in [4.78, 5) is 15.9. The van der Waals surface area contributed by atoms with E-state index in [1.165, 1.54) is 16.1 Å². The van der Waals surface area contributed by atoms with Gasteiger partial charge in [-0.25, -0.2) is 8.42 Å². The van der Waals surface area contributed by atoms with Crippen LogP contribution in [0.4, 0.5) is 0 Å². The summed E-state index contributed by atoms with van der Waals surface area (Å²) in [6, 6.07) is 15.2. The molecule has 0 spiro atoms. The van der Waals surface area contributed by atoms with E-state index in [9.17, 15) is 13.2 Å². The van der Waals surface area contributed by atoms with Gasteiger partial charge in [-0.1, -0.05) is 35.9 Å². The number of nitrogens with zero attached hydrogens (tertiary/aromatic N) is 2. The Morgan fingerprint density at radius 3 is 2.25 bits per heavy atom. The summed E-state index contributed by atoms with van der Waals surface area (Å²) >= 11 is 1.53. The number of hydrogen-bond acceptors (Lipinski definition) is 4. The van der Waals surface area contributed by atoms with Gasteiger partial charge >= 0.3 is 0 Å². The van der Waals surface area contributed by atoms with Crippen molar-refractivity contribution in [3.63, 3.8) is 0 Å². The molecule has 0 bridgehead atoms. The van der Waals surface area contributed by atoms with E-state index >= 15 is 0 Å². The average Bonchev–Trinajstić information content (AvgIpc) is 2.68. The molecule has 28 heavy (non-hydrogen) atoms. The number of hydrogen-bond donors (Lipinski definition) is 0. The van der Waals surface area contributed by atoms with E-state index in [0.717, 1.165) is 16.0 Å². The normalized spacial score (nSPS) is 16.8. The first-order valence-corrected chi connectivity index (χ1v) is 11.7. The monoisotopic (exact) mass is 418 g/mol. The van der Waals surface area contributed by atoms with E-state index in [-0.39, 0.29) is 11.2 Å². The molecular formula is C21H26N2O3S2. The lowest BCUT2D eigenvalue weighted by atomic mass is 10.2. The van der Waals surface area contributed by atoms with Crippen molar-refractivity contribution < 1.29 is 13.2 Å². The predicted molar refractivity (Wildman–Crippen MR) is 113 cm³/mol. The number of carbonyl (C=O) groups excluding carboxylic acids is 1. The van der Waals surface area contributed by atoms with Gasteiger partial charge in [0.15, 0.2) is 0 Å². The van der Waals surface area contributed by atoms with Gasteiger partial charge in [0.25, 0.3) is 0 Å². The van der Waals surface area contributed by atoms with Crippen molar-refractivity contribution in [3.8, 4) is 0 Å². The Hall–Kier alpha value is -1.83. The number of benzene rings is 2. The van der Waals surface area contributed by atoms with Crippen molar-refractivity contribution in [2.75, 3.05) is 26.2 Å². The third kappa shape index (κ3) is 4.59. The Kier molecular flexibility index (Phi) is 6.47. The van der Waals surface area contributed by atoms with E-state index in [1.807, 2.05) is 63.2 Å². The molecule has 0 N–H and O–H groups in total. The lowest BCUT2D eigenvalue weighted by Crippen LogP contribution is -2.52. The van der Waals surface area contributed by atoms with Crippen molar-refractivity contribution in [2.45, 2.75) is 35.8 Å². The standard InChI is InChI=1S/C21H26N2O3S2/c1-16-9-10-20(17(2)15-16)28(25,26)23-13-11-22(12-14-23)21(24)18(3)27-19-7-5-4-6-8-19/h4-10,15,18H,11-14H2,1-3H3. The van der Waals surface area contributed by atoms with Crippen LogP contribution >= 0.6 is 11.8 Å². The maximum atomic E-state index is 13.0. The first-order chi connectivity index (χ1) is 13.3. The molecule has 1 heterocycles. The fourth-order valence-corrected chi connectivity index (χ4v) is 5.99. The largest absolute Gasteiger partial charge is 0.339 e. The van der Waals surface area contributed by atoms with Crippen LogP contribution in [0, 0.1) is 13.8 Å². The van der Waals surface area contributed by atoms with E-state index < -0.39 is 10.0 Å². The van der Waals surface area contributed by atoms with Crippen molar-refractivity contribution >= 4 is 27.7 Å². The molecule has 1 atom stereocenters. The molecule has 3 rings (SSSR count). The zero-order valence-electron chi connectivity index (χ0n) is 16.5. The number of rotatable bonds is 5. The molecular weight excluding hydrogens is 392 g/mol. The minimum absolute atomic E-state index is 0.0532. The lowest BCUT2D eigenvalue weighted by Gasteiger charge is -2.35. The van der Waals surface area contributed by atoms with E-state index in [2.05, 4.69) is 0 Å². The lowest BCUT2D eigenvalue weighted by molar-refractivity contribution is -0.131. The molecule has 7 heteroatoms. The molecule has 1 saturated heterocycles. The van der Waals surface area contributed by atoms with Crippen molar-refractivity contribution in [2.24, 2.45) is 0 Å². The molecule has 0 radical (unpaired) electrons. The summed E-state index contributed by atoms with van der Waals surface area (Å²) in [6.45, 7) is 7.16. The maximum absolute atomic E-state index is 13.0. The Morgan fingerprint density at radius 2 is 1.64 bits per heavy atom. The van der Waals surface area contributed by atoms with E-state index in [0.29, 0.717) is 31.1 Å². The fourth-order valence-electron chi connectivity index (χ4n) is 3.39. The van der Waals surface area contributed by atoms with Gasteiger partial charge in [0.2, 0.25) is 15.9 Å². The first kappa shape index (κ1) is 20.9. The highest BCUT2D eigenvalue weighted by Crippen LogP contribution is 2.26. The third-order valence-electron chi connectivity index (χ3n) is 4.90. The molecule has 2 aromatic rings. The second-order valence-corrected chi connectivity index (χ2v) is 10.4. The van der Waals surface area contributed by atoms with Crippen LogP contribution in [0.25, 0.3) is 0 Å². The summed E-state index contributed by atoms with van der Waals surface area (Å²) in [7, 11) is -3.54. The fraction of sp³-hybridized carbons (Fsp3) is 0.381. The number of carbonyl (C=O) groups is 1. The van der Waals surface area contributed by atoms with Crippen LogP contribution < -0.4 is 0 Å². The molecule has 150 valence electrons. The number of piperazine rings is 1. The molecule has 0 saturated carbocycles. The second kappa shape index (κ2) is 8.68. The first-order valence-electron chi connectivity index (χ1n) is 9.37. The SMILES string of the molecule is Cc1ccc(S(=O)(=O)N2CCN(C(=O)C(C)Sc3ccccc3)CC2)c(C)c1. The quantitative estimate of drug-likeness (QED) is 0.699. The molecule has 1 aliphatic heterocycles. The molecule has 2 aromatic carbocycles. The van der Waals surface area contributed by atoms with Gasteiger partial charge in [-0.05, 0) is 44.5 Å². The number of amides is 1. The topological polar surface area (TPSA) is 57.7 Å². The Labute approximate surface area is 171 Å². The van der Waals surface area contributed by atoms with Crippen molar-refractivity contribution in [1.29, 1.82) is 0 Å². The van der Waals surface area contributed by atoms with E-state index in [1.54, 1.807) is 11.0 Å². The van der Waals surface area contributed by atoms with Gasteiger partial charge in [-0.3, -0.25) is 4.79 Å². The van der Waals surface area contributed by atoms with Gasteiger partial charge in [0.1, 0.15) is 0 Å². The van der Waals surface area contributed by atoms with Crippen molar-refractivity contribution in [3.05, 3.63) is 59.7 Å². The number of thioether (sulfide) groups is 1. The summed E-state index contributed by atoms with van der Waals surface area (Å²) in [5, 5.41) is -0.204. The predicted octanol–water partition coefficient (Wildman–Crippen LogP) is 3.32. The van der Waals surface area contributed by atoms with Crippen LogP contribution in [0.5, 0.6) is 0 Å². The third-order valence-corrected chi connectivity index (χ3v) is 8.06. The average molecular weight is 419 g/mol. The summed E-state index contributed by atoms with van der Waals surface area (Å²) < 4.78 is 27.5. The van der Waals surface area contributed by atoms with Crippen LogP contribution in [0.15, 0.2) is 58.3 Å². The van der Waals surface area contributed by atoms with Crippen LogP contribution in [0.3, 0.4) is 0 Å². The van der Waals surface area contributed by atoms with Gasteiger partial charge in [0, 0.05) is 31.1 Å². The second-order valence-electron chi connectivity index (χ2n) is 7.07. The highest BCUT2D eigenvalue weighted by Gasteiger charge is 2.32. The van der Waals surface area contributed by atoms with Gasteiger partial charge in [-0.2, -0.15) is 4.31 Å². The molecule has 0 aliphatic carbocycles. The van der Waals surface area contributed by atoms with Crippen LogP contribution in [-0.4, -0.2) is 55.0 Å². The molecule has 0 aromatic heterocycles. The Bertz CT molecular complexity index is 937. The molecule has 1 unspecified atom stereocenters. The zero-order valence-corrected chi connectivity index (χ0v) is 18.1. The molecule has 1 aliphatic rings. The highest BCUT2D eigenvalue weighted by molar-refractivity contribution is 8.00. The van der Waals surface area contributed by atoms with Crippen LogP contribution in [0.2, 0.25) is 0 Å². The smallest absolute Gasteiger partial charge is 0.243 e. The summed E-state index contributed by atoms with van der Waals surface area (Å²) in [6.07, 6.45) is 0. The van der Waals surface area contributed by atoms with Gasteiger partial charge in [-0.15, -0.1) is 11.8 Å². The number of aryl methyl sites for hydroxylation is 2. The number of sulfonamides is 1. The molecule has 1 fully saturated rings. The zero-order chi connectivity index (χ0) is 20.3. The molecule has 5 nitrogen and oxygen atoms in total. The van der Waals surface area contributed by atoms with E-state index in [4.69, 9.17) is 0 Å². The van der Waals surface area contributed by atoms with Gasteiger partial charge in [0.05, 0.1) is 10.1 Å². The summed E-state index contributed by atoms with van der Waals surface area (Å²) in [5.74, 6) is 0.0532. The Morgan fingerprint density at radius 1 is 1.00 bits per heavy atom. The van der Waals surface area contributed by atoms with Crippen molar-refractivity contribution in [1.82, 2.24) is 9.21 Å².